The Balaban J connectivity index is 2.03. The first-order valence-electron chi connectivity index (χ1n) is 8.17. The summed E-state index contributed by atoms with van der Waals surface area (Å²) in [5.41, 5.74) is 3.72. The topological polar surface area (TPSA) is 78.6 Å². The third-order valence-electron chi connectivity index (χ3n) is 4.48. The molecule has 0 spiro atoms. The average molecular weight is 402 g/mol. The fraction of sp³-hybridized carbons (Fsp3) is 0.100. The van der Waals surface area contributed by atoms with Gasteiger partial charge < -0.3 is 9.47 Å². The van der Waals surface area contributed by atoms with E-state index in [1.54, 1.807) is 24.3 Å². The Hall–Kier alpha value is -2.54. The molecule has 0 saturated carbocycles. The summed E-state index contributed by atoms with van der Waals surface area (Å²) in [5.74, 6) is 1.15. The van der Waals surface area contributed by atoms with Crippen molar-refractivity contribution in [2.75, 3.05) is 6.79 Å². The molecule has 0 radical (unpaired) electrons. The van der Waals surface area contributed by atoms with Gasteiger partial charge in [0.1, 0.15) is 0 Å². The number of aryl methyl sites for hydroxylation is 1. The van der Waals surface area contributed by atoms with E-state index in [-0.39, 0.29) is 11.7 Å². The molecule has 0 unspecified atom stereocenters. The summed E-state index contributed by atoms with van der Waals surface area (Å²) in [7, 11) is -3.91. The zero-order chi connectivity index (χ0) is 19.2. The normalized spacial score (nSPS) is 13.0. The van der Waals surface area contributed by atoms with Gasteiger partial charge in [0, 0.05) is 10.6 Å². The van der Waals surface area contributed by atoms with Gasteiger partial charge in [0.25, 0.3) is 0 Å². The van der Waals surface area contributed by atoms with Gasteiger partial charge in [0.2, 0.25) is 16.8 Å². The number of sulfonamides is 1. The average Bonchev–Trinajstić information content (AvgIpc) is 3.10. The lowest BCUT2D eigenvalue weighted by Gasteiger charge is -2.15. The maximum absolute atomic E-state index is 12.1. The first-order valence-corrected chi connectivity index (χ1v) is 10.1. The van der Waals surface area contributed by atoms with Gasteiger partial charge in [-0.25, -0.2) is 13.6 Å². The van der Waals surface area contributed by atoms with Crippen LogP contribution >= 0.6 is 11.6 Å². The first-order chi connectivity index (χ1) is 12.8. The van der Waals surface area contributed by atoms with Crippen LogP contribution in [0.1, 0.15) is 5.56 Å². The fourth-order valence-corrected chi connectivity index (χ4v) is 4.03. The summed E-state index contributed by atoms with van der Waals surface area (Å²) >= 11 is 6.31. The van der Waals surface area contributed by atoms with E-state index in [4.69, 9.17) is 26.2 Å². The van der Waals surface area contributed by atoms with E-state index in [0.717, 1.165) is 16.7 Å². The molecule has 0 aromatic heterocycles. The Bertz CT molecular complexity index is 1160. The maximum Gasteiger partial charge on any atom is 0.238 e. The van der Waals surface area contributed by atoms with Crippen molar-refractivity contribution >= 4 is 21.6 Å². The van der Waals surface area contributed by atoms with Crippen molar-refractivity contribution < 1.29 is 17.9 Å². The molecule has 1 aliphatic heterocycles. The molecule has 7 heteroatoms. The maximum atomic E-state index is 12.1. The zero-order valence-electron chi connectivity index (χ0n) is 14.4. The summed E-state index contributed by atoms with van der Waals surface area (Å²) in [4.78, 5) is 0.0447. The Morgan fingerprint density at radius 3 is 2.26 bits per heavy atom. The highest BCUT2D eigenvalue weighted by molar-refractivity contribution is 7.89. The molecule has 0 amide bonds. The smallest absolute Gasteiger partial charge is 0.238 e. The van der Waals surface area contributed by atoms with Crippen LogP contribution in [0.25, 0.3) is 22.3 Å². The van der Waals surface area contributed by atoms with Crippen molar-refractivity contribution in [2.45, 2.75) is 11.8 Å². The Labute approximate surface area is 162 Å². The summed E-state index contributed by atoms with van der Waals surface area (Å²) < 4.78 is 35.2. The SMILES string of the molecule is Cc1ccc(-c2cc3c(cc2-c2ccccc2S(N)(=O)=O)OCO3)cc1Cl. The standard InChI is InChI=1S/C20H16ClNO4S/c1-12-6-7-13(8-17(12)21)15-9-18-19(26-11-25-18)10-16(15)14-4-2-3-5-20(14)27(22,23)24/h2-10H,11H2,1H3,(H2,22,23,24). The Morgan fingerprint density at radius 1 is 0.926 bits per heavy atom. The highest BCUT2D eigenvalue weighted by atomic mass is 35.5. The van der Waals surface area contributed by atoms with Crippen LogP contribution in [-0.2, 0) is 10.0 Å². The van der Waals surface area contributed by atoms with Crippen molar-refractivity contribution in [2.24, 2.45) is 5.14 Å². The van der Waals surface area contributed by atoms with Crippen molar-refractivity contribution in [3.63, 3.8) is 0 Å². The van der Waals surface area contributed by atoms with E-state index >= 15 is 0 Å². The molecule has 0 aliphatic carbocycles. The molecule has 1 aliphatic rings. The lowest BCUT2D eigenvalue weighted by molar-refractivity contribution is 0.174. The number of halogens is 1. The quantitative estimate of drug-likeness (QED) is 0.707. The Kier molecular flexibility index (Phi) is 4.34. The van der Waals surface area contributed by atoms with Crippen LogP contribution in [0.5, 0.6) is 11.5 Å². The molecule has 0 fully saturated rings. The molecule has 4 rings (SSSR count). The van der Waals surface area contributed by atoms with Gasteiger partial charge in [-0.3, -0.25) is 0 Å². The van der Waals surface area contributed by atoms with E-state index in [0.29, 0.717) is 27.6 Å². The second kappa shape index (κ2) is 6.56. The minimum Gasteiger partial charge on any atom is -0.454 e. The van der Waals surface area contributed by atoms with E-state index in [9.17, 15) is 8.42 Å². The van der Waals surface area contributed by atoms with Crippen LogP contribution in [0.2, 0.25) is 5.02 Å². The molecule has 5 nitrogen and oxygen atoms in total. The lowest BCUT2D eigenvalue weighted by Crippen LogP contribution is -2.13. The van der Waals surface area contributed by atoms with E-state index in [1.807, 2.05) is 31.2 Å². The van der Waals surface area contributed by atoms with E-state index < -0.39 is 10.0 Å². The van der Waals surface area contributed by atoms with Gasteiger partial charge in [0.05, 0.1) is 4.90 Å². The minimum absolute atomic E-state index is 0.0447. The predicted octanol–water partition coefficient (Wildman–Crippen LogP) is 4.36. The van der Waals surface area contributed by atoms with Crippen molar-refractivity contribution in [1.82, 2.24) is 0 Å². The monoisotopic (exact) mass is 401 g/mol. The summed E-state index contributed by atoms with van der Waals surface area (Å²) in [5, 5.41) is 6.06. The number of primary sulfonamides is 1. The summed E-state index contributed by atoms with van der Waals surface area (Å²) in [6, 6.07) is 15.9. The third-order valence-corrected chi connectivity index (χ3v) is 5.86. The number of benzene rings is 3. The molecule has 138 valence electrons. The molecule has 0 atom stereocenters. The van der Waals surface area contributed by atoms with Crippen LogP contribution in [0.3, 0.4) is 0 Å². The van der Waals surface area contributed by atoms with Crippen LogP contribution < -0.4 is 14.6 Å². The van der Waals surface area contributed by atoms with Gasteiger partial charge >= 0.3 is 0 Å². The summed E-state index contributed by atoms with van der Waals surface area (Å²) in [6.45, 7) is 2.03. The third kappa shape index (κ3) is 3.27. The van der Waals surface area contributed by atoms with Crippen LogP contribution in [0.4, 0.5) is 0 Å². The fourth-order valence-electron chi connectivity index (χ4n) is 3.10. The number of nitrogens with two attached hydrogens (primary N) is 1. The highest BCUT2D eigenvalue weighted by Crippen LogP contribution is 2.44. The van der Waals surface area contributed by atoms with Gasteiger partial charge in [-0.2, -0.15) is 0 Å². The number of ether oxygens (including phenoxy) is 2. The summed E-state index contributed by atoms with van der Waals surface area (Å²) in [6.07, 6.45) is 0. The number of rotatable bonds is 3. The minimum atomic E-state index is -3.91. The molecular weight excluding hydrogens is 386 g/mol. The molecule has 27 heavy (non-hydrogen) atoms. The number of hydrogen-bond donors (Lipinski definition) is 1. The van der Waals surface area contributed by atoms with Gasteiger partial charge in [-0.1, -0.05) is 41.9 Å². The molecule has 2 N–H and O–H groups in total. The zero-order valence-corrected chi connectivity index (χ0v) is 16.0. The molecule has 3 aromatic rings. The molecule has 1 heterocycles. The number of fused-ring (bicyclic) bond motifs is 1. The van der Waals surface area contributed by atoms with Crippen LogP contribution in [-0.4, -0.2) is 15.2 Å². The van der Waals surface area contributed by atoms with Gasteiger partial charge in [-0.15, -0.1) is 0 Å². The molecule has 0 bridgehead atoms. The van der Waals surface area contributed by atoms with E-state index in [1.165, 1.54) is 6.07 Å². The highest BCUT2D eigenvalue weighted by Gasteiger charge is 2.23. The van der Waals surface area contributed by atoms with Crippen LogP contribution in [0, 0.1) is 6.92 Å². The van der Waals surface area contributed by atoms with Crippen LogP contribution in [0.15, 0.2) is 59.5 Å². The molecule has 3 aromatic carbocycles. The lowest BCUT2D eigenvalue weighted by atomic mass is 9.93. The van der Waals surface area contributed by atoms with E-state index in [2.05, 4.69) is 0 Å². The second-order valence-corrected chi connectivity index (χ2v) is 8.19. The molecule has 0 saturated heterocycles. The predicted molar refractivity (Wildman–Crippen MR) is 105 cm³/mol. The van der Waals surface area contributed by atoms with Crippen molar-refractivity contribution in [1.29, 1.82) is 0 Å². The van der Waals surface area contributed by atoms with Gasteiger partial charge in [0.15, 0.2) is 11.5 Å². The van der Waals surface area contributed by atoms with Crippen molar-refractivity contribution in [3.8, 4) is 33.8 Å². The number of hydrogen-bond acceptors (Lipinski definition) is 4. The largest absolute Gasteiger partial charge is 0.454 e. The Morgan fingerprint density at radius 2 is 1.59 bits per heavy atom. The second-order valence-electron chi connectivity index (χ2n) is 6.26. The van der Waals surface area contributed by atoms with Gasteiger partial charge in [-0.05, 0) is 53.4 Å². The molecular formula is C20H16ClNO4S. The first kappa shape index (κ1) is 17.9. The van der Waals surface area contributed by atoms with Crippen molar-refractivity contribution in [3.05, 3.63) is 65.2 Å².